The van der Waals surface area contributed by atoms with Crippen LogP contribution in [0.3, 0.4) is 0 Å². The van der Waals surface area contributed by atoms with Gasteiger partial charge in [-0.15, -0.1) is 0 Å². The number of carbonyl (C=O) groups is 2. The summed E-state index contributed by atoms with van der Waals surface area (Å²) in [5.41, 5.74) is 3.88. The van der Waals surface area contributed by atoms with Crippen LogP contribution in [0.4, 0.5) is 5.69 Å². The fraction of sp³-hybridized carbons (Fsp3) is 0.333. The number of carbonyl (C=O) groups excluding carboxylic acids is 2. The fourth-order valence-electron chi connectivity index (χ4n) is 3.01. The van der Waals surface area contributed by atoms with Crippen molar-refractivity contribution in [2.45, 2.75) is 33.7 Å². The molecule has 6 nitrogen and oxygen atoms in total. The molecule has 0 bridgehead atoms. The number of anilines is 1. The molecule has 0 atom stereocenters. The molecule has 0 radical (unpaired) electrons. The van der Waals surface area contributed by atoms with Crippen LogP contribution in [0.5, 0.6) is 11.5 Å². The Hall–Kier alpha value is -3.02. The molecule has 0 aromatic heterocycles. The number of nitrogens with zero attached hydrogens (tertiary/aromatic N) is 1. The van der Waals surface area contributed by atoms with Crippen molar-refractivity contribution in [3.05, 3.63) is 53.1 Å². The largest absolute Gasteiger partial charge is 0.454 e. The lowest BCUT2D eigenvalue weighted by Crippen LogP contribution is -2.34. The van der Waals surface area contributed by atoms with Crippen molar-refractivity contribution in [2.24, 2.45) is 0 Å². The number of fused-ring (bicyclic) bond motifs is 1. The van der Waals surface area contributed by atoms with Crippen LogP contribution in [-0.4, -0.2) is 25.2 Å². The maximum Gasteiger partial charge on any atom is 0.231 e. The fourth-order valence-corrected chi connectivity index (χ4v) is 3.01. The highest BCUT2D eigenvalue weighted by Crippen LogP contribution is 2.32. The predicted octanol–water partition coefficient (Wildman–Crippen LogP) is 3.09. The van der Waals surface area contributed by atoms with E-state index in [0.717, 1.165) is 28.1 Å². The van der Waals surface area contributed by atoms with Gasteiger partial charge in [0.2, 0.25) is 18.6 Å². The summed E-state index contributed by atoms with van der Waals surface area (Å²) in [6.45, 7) is 6.44. The third-order valence-corrected chi connectivity index (χ3v) is 4.52. The highest BCUT2D eigenvalue weighted by Gasteiger charge is 2.16. The van der Waals surface area contributed by atoms with Gasteiger partial charge in [-0.05, 0) is 48.7 Å². The molecule has 2 aromatic carbocycles. The van der Waals surface area contributed by atoms with Gasteiger partial charge in [0.1, 0.15) is 0 Å². The maximum absolute atomic E-state index is 12.3. The Labute approximate surface area is 159 Å². The van der Waals surface area contributed by atoms with E-state index < -0.39 is 0 Å². The topological polar surface area (TPSA) is 67.9 Å². The van der Waals surface area contributed by atoms with Gasteiger partial charge in [0, 0.05) is 32.1 Å². The molecule has 1 heterocycles. The Morgan fingerprint density at radius 2 is 1.85 bits per heavy atom. The predicted molar refractivity (Wildman–Crippen MR) is 103 cm³/mol. The summed E-state index contributed by atoms with van der Waals surface area (Å²) >= 11 is 0. The van der Waals surface area contributed by atoms with Crippen molar-refractivity contribution in [1.82, 2.24) is 5.32 Å². The van der Waals surface area contributed by atoms with Crippen LogP contribution in [0.25, 0.3) is 0 Å². The average Bonchev–Trinajstić information content (AvgIpc) is 3.10. The summed E-state index contributed by atoms with van der Waals surface area (Å²) in [6, 6.07) is 11.6. The van der Waals surface area contributed by atoms with Crippen molar-refractivity contribution in [3.8, 4) is 11.5 Å². The number of amides is 2. The first-order valence-electron chi connectivity index (χ1n) is 8.94. The molecule has 142 valence electrons. The van der Waals surface area contributed by atoms with Crippen molar-refractivity contribution in [2.75, 3.05) is 18.2 Å². The van der Waals surface area contributed by atoms with Crippen molar-refractivity contribution in [1.29, 1.82) is 0 Å². The van der Waals surface area contributed by atoms with Crippen molar-refractivity contribution >= 4 is 17.5 Å². The molecule has 0 spiro atoms. The monoisotopic (exact) mass is 368 g/mol. The zero-order valence-electron chi connectivity index (χ0n) is 15.9. The number of hydrogen-bond acceptors (Lipinski definition) is 4. The highest BCUT2D eigenvalue weighted by atomic mass is 16.7. The third kappa shape index (κ3) is 4.58. The molecule has 0 saturated carbocycles. The number of ether oxygens (including phenoxy) is 2. The zero-order chi connectivity index (χ0) is 19.4. The van der Waals surface area contributed by atoms with Gasteiger partial charge >= 0.3 is 0 Å². The second-order valence-electron chi connectivity index (χ2n) is 6.67. The van der Waals surface area contributed by atoms with Crippen LogP contribution >= 0.6 is 0 Å². The van der Waals surface area contributed by atoms with Gasteiger partial charge in [-0.2, -0.15) is 0 Å². The molecule has 0 fully saturated rings. The van der Waals surface area contributed by atoms with Crippen LogP contribution in [0.2, 0.25) is 0 Å². The van der Waals surface area contributed by atoms with Gasteiger partial charge in [-0.25, -0.2) is 0 Å². The van der Waals surface area contributed by atoms with Gasteiger partial charge in [0.05, 0.1) is 0 Å². The molecule has 0 saturated heterocycles. The lowest BCUT2D eigenvalue weighted by molar-refractivity contribution is -0.121. The first-order valence-corrected chi connectivity index (χ1v) is 8.94. The first-order chi connectivity index (χ1) is 12.9. The number of rotatable bonds is 6. The van der Waals surface area contributed by atoms with Gasteiger partial charge in [0.15, 0.2) is 11.5 Å². The minimum Gasteiger partial charge on any atom is -0.454 e. The number of nitrogens with one attached hydrogen (secondary N) is 1. The molecular formula is C21H24N2O4. The molecule has 2 amide bonds. The second kappa shape index (κ2) is 8.12. The van der Waals surface area contributed by atoms with Crippen LogP contribution < -0.4 is 19.7 Å². The SMILES string of the molecule is CC(=O)N(CCC(=O)NCc1ccc2c(c1)OCO2)c1cc(C)ccc1C. The summed E-state index contributed by atoms with van der Waals surface area (Å²) in [6.07, 6.45) is 0.234. The lowest BCUT2D eigenvalue weighted by atomic mass is 10.1. The van der Waals surface area contributed by atoms with E-state index in [0.29, 0.717) is 18.8 Å². The van der Waals surface area contributed by atoms with Crippen molar-refractivity contribution < 1.29 is 19.1 Å². The Balaban J connectivity index is 1.56. The summed E-state index contributed by atoms with van der Waals surface area (Å²) in [7, 11) is 0. The quantitative estimate of drug-likeness (QED) is 0.851. The Morgan fingerprint density at radius 3 is 2.63 bits per heavy atom. The minimum absolute atomic E-state index is 0.0766. The van der Waals surface area contributed by atoms with Crippen molar-refractivity contribution in [3.63, 3.8) is 0 Å². The van der Waals surface area contributed by atoms with E-state index in [-0.39, 0.29) is 25.0 Å². The van der Waals surface area contributed by atoms with Gasteiger partial charge < -0.3 is 19.7 Å². The zero-order valence-corrected chi connectivity index (χ0v) is 15.9. The highest BCUT2D eigenvalue weighted by molar-refractivity contribution is 5.93. The summed E-state index contributed by atoms with van der Waals surface area (Å²) in [5.74, 6) is 1.23. The lowest BCUT2D eigenvalue weighted by Gasteiger charge is -2.23. The molecule has 0 unspecified atom stereocenters. The maximum atomic E-state index is 12.3. The third-order valence-electron chi connectivity index (χ3n) is 4.52. The summed E-state index contributed by atoms with van der Waals surface area (Å²) < 4.78 is 10.6. The van der Waals surface area contributed by atoms with Crippen LogP contribution in [0, 0.1) is 13.8 Å². The van der Waals surface area contributed by atoms with E-state index in [1.54, 1.807) is 4.90 Å². The van der Waals surface area contributed by atoms with Crippen LogP contribution in [0.15, 0.2) is 36.4 Å². The summed E-state index contributed by atoms with van der Waals surface area (Å²) in [5, 5.41) is 2.89. The Morgan fingerprint density at radius 1 is 1.07 bits per heavy atom. The van der Waals surface area contributed by atoms with E-state index in [4.69, 9.17) is 9.47 Å². The van der Waals surface area contributed by atoms with Crippen LogP contribution in [-0.2, 0) is 16.1 Å². The standard InChI is InChI=1S/C21H24N2O4/c1-14-4-5-15(2)18(10-14)23(16(3)24)9-8-21(25)22-12-17-6-7-19-20(11-17)27-13-26-19/h4-7,10-11H,8-9,12-13H2,1-3H3,(H,22,25). The molecule has 2 aromatic rings. The normalized spacial score (nSPS) is 12.0. The van der Waals surface area contributed by atoms with Gasteiger partial charge in [-0.1, -0.05) is 18.2 Å². The van der Waals surface area contributed by atoms with Gasteiger partial charge in [0.25, 0.3) is 0 Å². The first kappa shape index (κ1) is 18.8. The molecule has 27 heavy (non-hydrogen) atoms. The molecular weight excluding hydrogens is 344 g/mol. The van der Waals surface area contributed by atoms with Gasteiger partial charge in [-0.3, -0.25) is 9.59 Å². The average molecular weight is 368 g/mol. The van der Waals surface area contributed by atoms with E-state index >= 15 is 0 Å². The molecule has 3 rings (SSSR count). The van der Waals surface area contributed by atoms with Crippen LogP contribution in [0.1, 0.15) is 30.0 Å². The Kier molecular flexibility index (Phi) is 5.64. The Bertz CT molecular complexity index is 863. The number of aryl methyl sites for hydroxylation is 2. The second-order valence-corrected chi connectivity index (χ2v) is 6.67. The van der Waals surface area contributed by atoms with E-state index in [2.05, 4.69) is 5.32 Å². The van der Waals surface area contributed by atoms with E-state index in [9.17, 15) is 9.59 Å². The van der Waals surface area contributed by atoms with E-state index in [1.165, 1.54) is 6.92 Å². The number of hydrogen-bond donors (Lipinski definition) is 1. The molecule has 1 N–H and O–H groups in total. The molecule has 1 aliphatic heterocycles. The number of benzene rings is 2. The molecule has 1 aliphatic rings. The molecule has 6 heteroatoms. The smallest absolute Gasteiger partial charge is 0.231 e. The molecule has 0 aliphatic carbocycles. The van der Waals surface area contributed by atoms with E-state index in [1.807, 2.05) is 50.2 Å². The summed E-state index contributed by atoms with van der Waals surface area (Å²) in [4.78, 5) is 26.0. The minimum atomic E-state index is -0.107.